The van der Waals surface area contributed by atoms with Gasteiger partial charge >= 0.3 is 0 Å². The number of nitrogens with zero attached hydrogens (tertiary/aromatic N) is 6. The van der Waals surface area contributed by atoms with Gasteiger partial charge in [-0.1, -0.05) is 12.1 Å². The Hall–Kier alpha value is -4.86. The number of benzene rings is 2. The van der Waals surface area contributed by atoms with E-state index >= 15 is 0 Å². The van der Waals surface area contributed by atoms with Gasteiger partial charge in [0.2, 0.25) is 0 Å². The predicted octanol–water partition coefficient (Wildman–Crippen LogP) is 2.71. The summed E-state index contributed by atoms with van der Waals surface area (Å²) in [6, 6.07) is 12.8. The van der Waals surface area contributed by atoms with Crippen LogP contribution in [0.4, 0.5) is 15.8 Å². The predicted molar refractivity (Wildman–Crippen MR) is 146 cm³/mol. The van der Waals surface area contributed by atoms with Crippen LogP contribution < -0.4 is 20.7 Å². The third-order valence-corrected chi connectivity index (χ3v) is 6.85. The number of hydrogen-bond donors (Lipinski definition) is 3. The molecule has 0 bridgehead atoms. The Balaban J connectivity index is 1.54. The Morgan fingerprint density at radius 2 is 2.15 bits per heavy atom. The number of hydrogen-bond acceptors (Lipinski definition) is 9. The molecule has 1 aliphatic rings. The van der Waals surface area contributed by atoms with Crippen molar-refractivity contribution in [1.29, 1.82) is 5.26 Å². The standard InChI is InChI=1S/C28H27FN8O3/c1-36-26(17(12-30)13-33-36)16-6-7-21(23(10-16)37-14-18(31)11-19(37)15-38)35-28(39)22-8-9-32-27(34-22)25-20(29)4-3-5-24(25)40-2/h3-10,13,18-19,38H,11,14-15,31H2,1-2H3,(H,35,39)/t18-,19-/m0/s1. The van der Waals surface area contributed by atoms with Gasteiger partial charge in [0.05, 0.1) is 54.2 Å². The number of nitrogens with one attached hydrogen (secondary N) is 1. The van der Waals surface area contributed by atoms with Crippen LogP contribution in [0, 0.1) is 17.1 Å². The first-order valence-electron chi connectivity index (χ1n) is 12.5. The number of nitrogens with two attached hydrogens (primary N) is 1. The van der Waals surface area contributed by atoms with Gasteiger partial charge in [-0.25, -0.2) is 14.4 Å². The van der Waals surface area contributed by atoms with E-state index in [1.165, 1.54) is 37.7 Å². The van der Waals surface area contributed by atoms with Crippen molar-refractivity contribution in [3.05, 3.63) is 71.9 Å². The lowest BCUT2D eigenvalue weighted by atomic mass is 10.1. The monoisotopic (exact) mass is 542 g/mol. The number of ether oxygens (including phenoxy) is 1. The number of nitriles is 1. The average molecular weight is 543 g/mol. The molecule has 2 aromatic carbocycles. The zero-order valence-electron chi connectivity index (χ0n) is 21.9. The number of methoxy groups -OCH3 is 1. The molecule has 2 aromatic heterocycles. The van der Waals surface area contributed by atoms with Crippen LogP contribution in [0.15, 0.2) is 54.9 Å². The molecule has 1 saturated heterocycles. The van der Waals surface area contributed by atoms with Gasteiger partial charge < -0.3 is 25.8 Å². The lowest BCUT2D eigenvalue weighted by Gasteiger charge is -2.28. The molecule has 11 nitrogen and oxygen atoms in total. The number of aromatic nitrogens is 4. The topological polar surface area (TPSA) is 155 Å². The summed E-state index contributed by atoms with van der Waals surface area (Å²) in [6.45, 7) is 0.332. The molecule has 0 aliphatic carbocycles. The summed E-state index contributed by atoms with van der Waals surface area (Å²) in [7, 11) is 3.15. The van der Waals surface area contributed by atoms with Gasteiger partial charge in [0.1, 0.15) is 23.3 Å². The van der Waals surface area contributed by atoms with Crippen molar-refractivity contribution in [2.75, 3.05) is 30.5 Å². The van der Waals surface area contributed by atoms with Crippen molar-refractivity contribution in [2.45, 2.75) is 18.5 Å². The first-order valence-corrected chi connectivity index (χ1v) is 12.5. The SMILES string of the molecule is COc1cccc(F)c1-c1nccc(C(=O)Nc2ccc(-c3c(C#N)cnn3C)cc2N2C[C@@H](N)C[C@H]2CO)n1. The Kier molecular flexibility index (Phi) is 7.41. The number of aryl methyl sites for hydroxylation is 1. The fourth-order valence-corrected chi connectivity index (χ4v) is 4.99. The first-order chi connectivity index (χ1) is 19.3. The zero-order valence-corrected chi connectivity index (χ0v) is 21.9. The second-order valence-electron chi connectivity index (χ2n) is 9.40. The summed E-state index contributed by atoms with van der Waals surface area (Å²) < 4.78 is 21.5. The number of halogens is 1. The molecule has 1 amide bonds. The quantitative estimate of drug-likeness (QED) is 0.320. The molecule has 2 atom stereocenters. The number of anilines is 2. The van der Waals surface area contributed by atoms with E-state index in [2.05, 4.69) is 26.5 Å². The molecule has 1 fully saturated rings. The van der Waals surface area contributed by atoms with Gasteiger partial charge in [0.25, 0.3) is 5.91 Å². The second-order valence-corrected chi connectivity index (χ2v) is 9.40. The van der Waals surface area contributed by atoms with Gasteiger partial charge in [-0.15, -0.1) is 0 Å². The third-order valence-electron chi connectivity index (χ3n) is 6.85. The van der Waals surface area contributed by atoms with Gasteiger partial charge in [-0.3, -0.25) is 9.48 Å². The summed E-state index contributed by atoms with van der Waals surface area (Å²) in [5.74, 6) is -0.885. The number of aliphatic hydroxyl groups excluding tert-OH is 1. The average Bonchev–Trinajstić information content (AvgIpc) is 3.54. The second kappa shape index (κ2) is 11.1. The van der Waals surface area contributed by atoms with Crippen molar-refractivity contribution < 1.29 is 19.0 Å². The van der Waals surface area contributed by atoms with Crippen molar-refractivity contribution in [1.82, 2.24) is 19.7 Å². The van der Waals surface area contributed by atoms with Gasteiger partial charge in [-0.2, -0.15) is 10.4 Å². The fourth-order valence-electron chi connectivity index (χ4n) is 4.99. The normalized spacial score (nSPS) is 16.6. The maximum absolute atomic E-state index is 14.6. The van der Waals surface area contributed by atoms with Crippen molar-refractivity contribution in [3.63, 3.8) is 0 Å². The molecule has 0 radical (unpaired) electrons. The third kappa shape index (κ3) is 4.95. The Labute approximate surface area is 229 Å². The van der Waals surface area contributed by atoms with Crippen LogP contribution in [-0.2, 0) is 7.05 Å². The molecule has 5 rings (SSSR count). The van der Waals surface area contributed by atoms with Crippen LogP contribution in [0.2, 0.25) is 0 Å². The molecule has 40 heavy (non-hydrogen) atoms. The highest BCUT2D eigenvalue weighted by Crippen LogP contribution is 2.37. The summed E-state index contributed by atoms with van der Waals surface area (Å²) in [5, 5.41) is 26.7. The Bertz CT molecular complexity index is 1620. The lowest BCUT2D eigenvalue weighted by Crippen LogP contribution is -2.33. The summed E-state index contributed by atoms with van der Waals surface area (Å²) in [4.78, 5) is 23.8. The van der Waals surface area contributed by atoms with Gasteiger partial charge in [0.15, 0.2) is 5.82 Å². The van der Waals surface area contributed by atoms with E-state index in [-0.39, 0.29) is 41.5 Å². The minimum absolute atomic E-state index is 0.00396. The minimum Gasteiger partial charge on any atom is -0.496 e. The number of carbonyl (C=O) groups excluding carboxylic acids is 1. The van der Waals surface area contributed by atoms with Gasteiger partial charge in [-0.05, 0) is 36.8 Å². The van der Waals surface area contributed by atoms with E-state index in [4.69, 9.17) is 10.5 Å². The van der Waals surface area contributed by atoms with Crippen molar-refractivity contribution in [2.24, 2.45) is 12.8 Å². The summed E-state index contributed by atoms with van der Waals surface area (Å²) in [5.41, 5.74) is 9.08. The minimum atomic E-state index is -0.581. The Morgan fingerprint density at radius 1 is 1.32 bits per heavy atom. The number of amides is 1. The number of rotatable bonds is 7. The van der Waals surface area contributed by atoms with E-state index in [1.54, 1.807) is 29.9 Å². The highest BCUT2D eigenvalue weighted by Gasteiger charge is 2.32. The summed E-state index contributed by atoms with van der Waals surface area (Å²) >= 11 is 0. The van der Waals surface area contributed by atoms with E-state index < -0.39 is 11.7 Å². The molecule has 12 heteroatoms. The van der Waals surface area contributed by atoms with E-state index in [1.807, 2.05) is 11.0 Å². The highest BCUT2D eigenvalue weighted by molar-refractivity contribution is 6.05. The van der Waals surface area contributed by atoms with Crippen LogP contribution in [0.5, 0.6) is 5.75 Å². The van der Waals surface area contributed by atoms with E-state index in [0.29, 0.717) is 41.2 Å². The Morgan fingerprint density at radius 3 is 2.90 bits per heavy atom. The van der Waals surface area contributed by atoms with Crippen molar-refractivity contribution >= 4 is 17.3 Å². The molecular weight excluding hydrogens is 515 g/mol. The maximum atomic E-state index is 14.6. The van der Waals surface area contributed by atoms with Crippen LogP contribution in [0.3, 0.4) is 0 Å². The molecule has 1 aliphatic heterocycles. The van der Waals surface area contributed by atoms with Crippen LogP contribution >= 0.6 is 0 Å². The highest BCUT2D eigenvalue weighted by atomic mass is 19.1. The molecule has 0 spiro atoms. The van der Waals surface area contributed by atoms with Crippen LogP contribution in [0.25, 0.3) is 22.6 Å². The van der Waals surface area contributed by atoms with E-state index in [0.717, 1.165) is 0 Å². The first kappa shape index (κ1) is 26.7. The lowest BCUT2D eigenvalue weighted by molar-refractivity contribution is 0.102. The molecule has 0 saturated carbocycles. The van der Waals surface area contributed by atoms with Gasteiger partial charge in [0, 0.05) is 31.4 Å². The number of carbonyl (C=O) groups is 1. The largest absolute Gasteiger partial charge is 0.496 e. The molecule has 3 heterocycles. The molecular formula is C28H27FN8O3. The molecule has 4 N–H and O–H groups in total. The zero-order chi connectivity index (χ0) is 28.4. The molecule has 204 valence electrons. The van der Waals surface area contributed by atoms with E-state index in [9.17, 15) is 19.6 Å². The number of aliphatic hydroxyl groups is 1. The van der Waals surface area contributed by atoms with Crippen LogP contribution in [-0.4, -0.2) is 63.1 Å². The van der Waals surface area contributed by atoms with Crippen molar-refractivity contribution in [3.8, 4) is 34.5 Å². The summed E-state index contributed by atoms with van der Waals surface area (Å²) in [6.07, 6.45) is 3.44. The fraction of sp³-hybridized carbons (Fsp3) is 0.250. The molecule has 4 aromatic rings. The molecule has 0 unspecified atom stereocenters. The smallest absolute Gasteiger partial charge is 0.274 e. The maximum Gasteiger partial charge on any atom is 0.274 e. The van der Waals surface area contributed by atoms with Crippen LogP contribution in [0.1, 0.15) is 22.5 Å².